The molecule has 0 saturated heterocycles. The van der Waals surface area contributed by atoms with Crippen molar-refractivity contribution < 1.29 is 24.2 Å². The molecule has 4 rings (SSSR count). The quantitative estimate of drug-likeness (QED) is 0.474. The van der Waals surface area contributed by atoms with Crippen molar-refractivity contribution in [1.29, 1.82) is 0 Å². The molecule has 174 valence electrons. The molecule has 2 amide bonds. The zero-order valence-corrected chi connectivity index (χ0v) is 18.8. The molecule has 0 aliphatic heterocycles. The lowest BCUT2D eigenvalue weighted by Gasteiger charge is -2.17. The fraction of sp³-hybridized carbons (Fsp3) is 0.222. The lowest BCUT2D eigenvalue weighted by Crippen LogP contribution is -2.45. The summed E-state index contributed by atoms with van der Waals surface area (Å²) < 4.78 is 5.48. The van der Waals surface area contributed by atoms with Crippen LogP contribution in [0.15, 0.2) is 72.8 Å². The predicted molar refractivity (Wildman–Crippen MR) is 128 cm³/mol. The van der Waals surface area contributed by atoms with Gasteiger partial charge >= 0.3 is 12.1 Å². The van der Waals surface area contributed by atoms with E-state index < -0.39 is 18.1 Å². The maximum atomic E-state index is 12.4. The van der Waals surface area contributed by atoms with Crippen LogP contribution in [0.1, 0.15) is 39.9 Å². The largest absolute Gasteiger partial charge is 0.478 e. The molecule has 1 aliphatic carbocycles. The molecule has 0 radical (unpaired) electrons. The molecular formula is C27H26N2O5. The Labute approximate surface area is 197 Å². The van der Waals surface area contributed by atoms with Crippen LogP contribution in [0.2, 0.25) is 0 Å². The third-order valence-electron chi connectivity index (χ3n) is 5.96. The number of hydrogen-bond donors (Lipinski definition) is 3. The van der Waals surface area contributed by atoms with Crippen molar-refractivity contribution in [3.8, 4) is 11.1 Å². The number of aromatic carboxylic acids is 1. The average Bonchev–Trinajstić information content (AvgIpc) is 3.16. The summed E-state index contributed by atoms with van der Waals surface area (Å²) in [6.45, 7) is 2.08. The zero-order chi connectivity index (χ0) is 24.1. The number of nitrogens with one attached hydrogen (secondary N) is 2. The Morgan fingerprint density at radius 3 is 2.24 bits per heavy atom. The third kappa shape index (κ3) is 5.09. The molecule has 1 unspecified atom stereocenters. The number of ether oxygens (including phenoxy) is 1. The number of benzene rings is 3. The fourth-order valence-corrected chi connectivity index (χ4v) is 4.23. The van der Waals surface area contributed by atoms with E-state index in [1.165, 1.54) is 6.07 Å². The fourth-order valence-electron chi connectivity index (χ4n) is 4.23. The lowest BCUT2D eigenvalue weighted by atomic mass is 9.98. The van der Waals surface area contributed by atoms with Crippen LogP contribution < -0.4 is 10.6 Å². The molecule has 7 nitrogen and oxygen atoms in total. The van der Waals surface area contributed by atoms with E-state index in [4.69, 9.17) is 9.84 Å². The summed E-state index contributed by atoms with van der Waals surface area (Å²) in [6.07, 6.45) is -0.177. The SMILES string of the molecule is CC(NC(=O)OCC1c2ccccc2-c2ccccc21)C(=O)NCCc1cccc(C(=O)O)c1. The molecule has 0 aromatic heterocycles. The summed E-state index contributed by atoms with van der Waals surface area (Å²) in [4.78, 5) is 35.8. The maximum absolute atomic E-state index is 12.4. The molecule has 0 spiro atoms. The summed E-state index contributed by atoms with van der Waals surface area (Å²) in [6, 6.07) is 22.0. The topological polar surface area (TPSA) is 105 Å². The van der Waals surface area contributed by atoms with Gasteiger partial charge in [-0.2, -0.15) is 0 Å². The third-order valence-corrected chi connectivity index (χ3v) is 5.96. The normalized spacial score (nSPS) is 12.9. The number of rotatable bonds is 8. The minimum absolute atomic E-state index is 0.0520. The molecule has 1 aliphatic rings. The van der Waals surface area contributed by atoms with Gasteiger partial charge in [-0.1, -0.05) is 60.7 Å². The number of hydrogen-bond acceptors (Lipinski definition) is 4. The van der Waals surface area contributed by atoms with Gasteiger partial charge in [0.1, 0.15) is 12.6 Å². The standard InChI is InChI=1S/C27H26N2O5/c1-17(25(30)28-14-13-18-7-6-8-19(15-18)26(31)32)29-27(33)34-16-24-22-11-4-2-9-20(22)21-10-3-5-12-23(21)24/h2-12,15,17,24H,13-14,16H2,1H3,(H,28,30)(H,29,33)(H,31,32). The highest BCUT2D eigenvalue weighted by Crippen LogP contribution is 2.44. The van der Waals surface area contributed by atoms with E-state index in [-0.39, 0.29) is 24.0 Å². The second-order valence-corrected chi connectivity index (χ2v) is 8.24. The van der Waals surface area contributed by atoms with E-state index >= 15 is 0 Å². The molecule has 7 heteroatoms. The number of amides is 2. The summed E-state index contributed by atoms with van der Waals surface area (Å²) >= 11 is 0. The van der Waals surface area contributed by atoms with Gasteiger partial charge in [-0.25, -0.2) is 9.59 Å². The average molecular weight is 459 g/mol. The molecule has 0 fully saturated rings. The number of carbonyl (C=O) groups excluding carboxylic acids is 2. The Balaban J connectivity index is 1.26. The van der Waals surface area contributed by atoms with Gasteiger partial charge in [0.15, 0.2) is 0 Å². The molecule has 3 aromatic carbocycles. The van der Waals surface area contributed by atoms with Crippen molar-refractivity contribution in [2.45, 2.75) is 25.3 Å². The van der Waals surface area contributed by atoms with Crippen LogP contribution in [0.25, 0.3) is 11.1 Å². The van der Waals surface area contributed by atoms with Gasteiger partial charge in [-0.05, 0) is 53.3 Å². The molecule has 0 heterocycles. The van der Waals surface area contributed by atoms with Gasteiger partial charge in [0.05, 0.1) is 5.56 Å². The van der Waals surface area contributed by atoms with Gasteiger partial charge < -0.3 is 20.5 Å². The number of carbonyl (C=O) groups is 3. The Bertz CT molecular complexity index is 1180. The minimum atomic E-state index is -0.994. The van der Waals surface area contributed by atoms with Crippen molar-refractivity contribution in [3.63, 3.8) is 0 Å². The van der Waals surface area contributed by atoms with Crippen molar-refractivity contribution in [2.75, 3.05) is 13.2 Å². The molecule has 3 N–H and O–H groups in total. The van der Waals surface area contributed by atoms with E-state index in [0.29, 0.717) is 13.0 Å². The highest BCUT2D eigenvalue weighted by Gasteiger charge is 2.29. The zero-order valence-electron chi connectivity index (χ0n) is 18.8. The van der Waals surface area contributed by atoms with Crippen molar-refractivity contribution in [3.05, 3.63) is 95.1 Å². The first-order chi connectivity index (χ1) is 16.4. The van der Waals surface area contributed by atoms with E-state index in [2.05, 4.69) is 22.8 Å². The lowest BCUT2D eigenvalue weighted by molar-refractivity contribution is -0.122. The number of fused-ring (bicyclic) bond motifs is 3. The van der Waals surface area contributed by atoms with E-state index in [9.17, 15) is 14.4 Å². The van der Waals surface area contributed by atoms with E-state index in [1.54, 1.807) is 25.1 Å². The first kappa shape index (κ1) is 23.0. The Morgan fingerprint density at radius 1 is 0.941 bits per heavy atom. The van der Waals surface area contributed by atoms with Gasteiger partial charge in [-0.3, -0.25) is 4.79 Å². The Hall–Kier alpha value is -4.13. The van der Waals surface area contributed by atoms with Gasteiger partial charge in [-0.15, -0.1) is 0 Å². The van der Waals surface area contributed by atoms with Gasteiger partial charge in [0.2, 0.25) is 5.91 Å². The first-order valence-corrected chi connectivity index (χ1v) is 11.2. The predicted octanol–water partition coefficient (Wildman–Crippen LogP) is 3.97. The minimum Gasteiger partial charge on any atom is -0.478 e. The molecule has 0 saturated carbocycles. The summed E-state index contributed by atoms with van der Waals surface area (Å²) in [5, 5.41) is 14.4. The van der Waals surface area contributed by atoms with Gasteiger partial charge in [0, 0.05) is 12.5 Å². The van der Waals surface area contributed by atoms with Crippen LogP contribution in [-0.4, -0.2) is 42.3 Å². The molecule has 1 atom stereocenters. The first-order valence-electron chi connectivity index (χ1n) is 11.2. The second kappa shape index (κ2) is 10.2. The second-order valence-electron chi connectivity index (χ2n) is 8.24. The van der Waals surface area contributed by atoms with Crippen LogP contribution >= 0.6 is 0 Å². The summed E-state index contributed by atoms with van der Waals surface area (Å²) in [5.74, 6) is -1.39. The van der Waals surface area contributed by atoms with Crippen LogP contribution in [0, 0.1) is 0 Å². The van der Waals surface area contributed by atoms with Gasteiger partial charge in [0.25, 0.3) is 0 Å². The maximum Gasteiger partial charge on any atom is 0.407 e. The summed E-state index contributed by atoms with van der Waals surface area (Å²) in [7, 11) is 0. The monoisotopic (exact) mass is 458 g/mol. The van der Waals surface area contributed by atoms with Crippen molar-refractivity contribution in [1.82, 2.24) is 10.6 Å². The van der Waals surface area contributed by atoms with Crippen LogP contribution in [0.3, 0.4) is 0 Å². The van der Waals surface area contributed by atoms with Crippen LogP contribution in [0.5, 0.6) is 0 Å². The highest BCUT2D eigenvalue weighted by molar-refractivity contribution is 5.88. The van der Waals surface area contributed by atoms with Crippen molar-refractivity contribution >= 4 is 18.0 Å². The highest BCUT2D eigenvalue weighted by atomic mass is 16.5. The Kier molecular flexibility index (Phi) is 6.92. The number of carboxylic acid groups (broad SMARTS) is 1. The molecule has 0 bridgehead atoms. The van der Waals surface area contributed by atoms with Crippen LogP contribution in [0.4, 0.5) is 4.79 Å². The smallest absolute Gasteiger partial charge is 0.407 e. The molecule has 34 heavy (non-hydrogen) atoms. The number of carboxylic acids is 1. The molecular weight excluding hydrogens is 432 g/mol. The van der Waals surface area contributed by atoms with E-state index in [1.807, 2.05) is 36.4 Å². The number of alkyl carbamates (subject to hydrolysis) is 1. The van der Waals surface area contributed by atoms with Crippen molar-refractivity contribution in [2.24, 2.45) is 0 Å². The Morgan fingerprint density at radius 2 is 1.59 bits per heavy atom. The molecule has 3 aromatic rings. The van der Waals surface area contributed by atoms with E-state index in [0.717, 1.165) is 27.8 Å². The summed E-state index contributed by atoms with van der Waals surface area (Å²) in [5.41, 5.74) is 5.54. The van der Waals surface area contributed by atoms with Crippen LogP contribution in [-0.2, 0) is 16.0 Å².